The van der Waals surface area contributed by atoms with E-state index >= 15 is 0 Å². The molecule has 0 aliphatic carbocycles. The Morgan fingerprint density at radius 3 is 2.38 bits per heavy atom. The van der Waals surface area contributed by atoms with Crippen molar-refractivity contribution in [3.05, 3.63) is 0 Å². The van der Waals surface area contributed by atoms with E-state index in [0.29, 0.717) is 6.42 Å². The number of ketones is 1. The van der Waals surface area contributed by atoms with Crippen molar-refractivity contribution in [2.24, 2.45) is 5.73 Å². The molecule has 0 unspecified atom stereocenters. The van der Waals surface area contributed by atoms with Crippen LogP contribution in [0.2, 0.25) is 0 Å². The molecule has 0 atom stereocenters. The van der Waals surface area contributed by atoms with Crippen LogP contribution in [-0.4, -0.2) is 36.2 Å². The lowest BCUT2D eigenvalue weighted by molar-refractivity contribution is -0.119. The Balaban J connectivity index is 3.59. The van der Waals surface area contributed by atoms with Crippen molar-refractivity contribution >= 4 is 11.7 Å². The second-order valence-electron chi connectivity index (χ2n) is 3.14. The number of likely N-dealkylation sites (N-methyl/N-ethyl adjacent to an activating group) is 1. The van der Waals surface area contributed by atoms with E-state index in [1.807, 2.05) is 11.8 Å². The van der Waals surface area contributed by atoms with Crippen LogP contribution in [0.15, 0.2) is 0 Å². The fourth-order valence-electron chi connectivity index (χ4n) is 1.12. The fourth-order valence-corrected chi connectivity index (χ4v) is 1.12. The van der Waals surface area contributed by atoms with E-state index in [4.69, 9.17) is 5.73 Å². The third-order valence-electron chi connectivity index (χ3n) is 1.83. The predicted molar refractivity (Wildman–Crippen MR) is 51.2 cm³/mol. The average Bonchev–Trinajstić information content (AvgIpc) is 2.01. The average molecular weight is 186 g/mol. The molecule has 76 valence electrons. The van der Waals surface area contributed by atoms with Gasteiger partial charge in [0.2, 0.25) is 5.91 Å². The van der Waals surface area contributed by atoms with Gasteiger partial charge in [0.25, 0.3) is 0 Å². The summed E-state index contributed by atoms with van der Waals surface area (Å²) in [7, 11) is 0. The number of primary amides is 1. The molecular formula is C9H18N2O2. The van der Waals surface area contributed by atoms with Crippen LogP contribution in [-0.2, 0) is 9.59 Å². The normalized spacial score (nSPS) is 10.4. The lowest BCUT2D eigenvalue weighted by Gasteiger charge is -2.17. The maximum Gasteiger partial charge on any atom is 0.231 e. The van der Waals surface area contributed by atoms with E-state index in [-0.39, 0.29) is 18.2 Å². The molecule has 4 nitrogen and oxygen atoms in total. The van der Waals surface area contributed by atoms with Crippen LogP contribution >= 0.6 is 0 Å². The first-order valence-electron chi connectivity index (χ1n) is 4.56. The summed E-state index contributed by atoms with van der Waals surface area (Å²) < 4.78 is 0. The van der Waals surface area contributed by atoms with E-state index in [1.54, 1.807) is 6.92 Å². The van der Waals surface area contributed by atoms with E-state index < -0.39 is 0 Å². The second-order valence-corrected chi connectivity index (χ2v) is 3.14. The molecule has 0 aromatic carbocycles. The van der Waals surface area contributed by atoms with Gasteiger partial charge in [-0.05, 0) is 26.4 Å². The SMILES string of the molecule is CCN(CCCC(C)=O)CC(N)=O. The van der Waals surface area contributed by atoms with Gasteiger partial charge in [0.15, 0.2) is 0 Å². The zero-order valence-corrected chi connectivity index (χ0v) is 8.38. The van der Waals surface area contributed by atoms with Gasteiger partial charge in [-0.2, -0.15) is 0 Å². The molecule has 0 aromatic heterocycles. The maximum absolute atomic E-state index is 10.6. The summed E-state index contributed by atoms with van der Waals surface area (Å²) in [6.07, 6.45) is 1.38. The Morgan fingerprint density at radius 2 is 2.00 bits per heavy atom. The molecule has 0 rings (SSSR count). The summed E-state index contributed by atoms with van der Waals surface area (Å²) >= 11 is 0. The summed E-state index contributed by atoms with van der Waals surface area (Å²) in [6.45, 7) is 5.38. The van der Waals surface area contributed by atoms with Crippen LogP contribution in [0.4, 0.5) is 0 Å². The molecule has 0 aromatic rings. The van der Waals surface area contributed by atoms with Gasteiger partial charge in [0, 0.05) is 6.42 Å². The summed E-state index contributed by atoms with van der Waals surface area (Å²) in [6, 6.07) is 0. The Morgan fingerprint density at radius 1 is 1.38 bits per heavy atom. The molecule has 0 spiro atoms. The summed E-state index contributed by atoms with van der Waals surface area (Å²) in [4.78, 5) is 23.1. The van der Waals surface area contributed by atoms with Gasteiger partial charge >= 0.3 is 0 Å². The topological polar surface area (TPSA) is 63.4 Å². The third-order valence-corrected chi connectivity index (χ3v) is 1.83. The highest BCUT2D eigenvalue weighted by Gasteiger charge is 2.05. The van der Waals surface area contributed by atoms with Gasteiger partial charge in [-0.25, -0.2) is 0 Å². The molecule has 13 heavy (non-hydrogen) atoms. The maximum atomic E-state index is 10.6. The third kappa shape index (κ3) is 7.46. The van der Waals surface area contributed by atoms with Crippen LogP contribution < -0.4 is 5.73 Å². The first-order chi connectivity index (χ1) is 6.06. The van der Waals surface area contributed by atoms with E-state index in [1.165, 1.54) is 0 Å². The number of Topliss-reactive ketones (excluding diaryl/α,β-unsaturated/α-hetero) is 1. The number of amides is 1. The van der Waals surface area contributed by atoms with Gasteiger partial charge in [0.05, 0.1) is 6.54 Å². The minimum Gasteiger partial charge on any atom is -0.369 e. The molecule has 0 aliphatic heterocycles. The van der Waals surface area contributed by atoms with Gasteiger partial charge in [-0.1, -0.05) is 6.92 Å². The molecule has 0 bridgehead atoms. The Hall–Kier alpha value is -0.900. The molecule has 1 amide bonds. The van der Waals surface area contributed by atoms with E-state index in [9.17, 15) is 9.59 Å². The Labute approximate surface area is 79.1 Å². The second kappa shape index (κ2) is 6.60. The molecule has 0 fully saturated rings. The van der Waals surface area contributed by atoms with Crippen LogP contribution in [0.25, 0.3) is 0 Å². The van der Waals surface area contributed by atoms with Crippen molar-refractivity contribution in [2.75, 3.05) is 19.6 Å². The van der Waals surface area contributed by atoms with Gasteiger partial charge in [0.1, 0.15) is 5.78 Å². The summed E-state index contributed by atoms with van der Waals surface area (Å²) in [5.41, 5.74) is 5.05. The number of nitrogens with two attached hydrogens (primary N) is 1. The lowest BCUT2D eigenvalue weighted by atomic mass is 10.2. The van der Waals surface area contributed by atoms with Gasteiger partial charge in [-0.15, -0.1) is 0 Å². The number of nitrogens with zero attached hydrogens (tertiary/aromatic N) is 1. The highest BCUT2D eigenvalue weighted by molar-refractivity contribution is 5.76. The molecule has 0 saturated heterocycles. The number of hydrogen-bond acceptors (Lipinski definition) is 3. The van der Waals surface area contributed by atoms with Crippen molar-refractivity contribution in [1.82, 2.24) is 4.90 Å². The van der Waals surface area contributed by atoms with Gasteiger partial charge < -0.3 is 10.5 Å². The zero-order chi connectivity index (χ0) is 10.3. The minimum absolute atomic E-state index is 0.190. The van der Waals surface area contributed by atoms with Crippen LogP contribution in [0.3, 0.4) is 0 Å². The zero-order valence-electron chi connectivity index (χ0n) is 8.38. The number of carbonyl (C=O) groups is 2. The molecular weight excluding hydrogens is 168 g/mol. The van der Waals surface area contributed by atoms with E-state index in [2.05, 4.69) is 0 Å². The fraction of sp³-hybridized carbons (Fsp3) is 0.778. The van der Waals surface area contributed by atoms with Crippen LogP contribution in [0.5, 0.6) is 0 Å². The van der Waals surface area contributed by atoms with Crippen LogP contribution in [0.1, 0.15) is 26.7 Å². The summed E-state index contributed by atoms with van der Waals surface area (Å²) in [5.74, 6) is -0.125. The smallest absolute Gasteiger partial charge is 0.231 e. The largest absolute Gasteiger partial charge is 0.369 e. The molecule has 0 heterocycles. The molecule has 0 radical (unpaired) electrons. The molecule has 2 N–H and O–H groups in total. The van der Waals surface area contributed by atoms with Crippen LogP contribution in [0, 0.1) is 0 Å². The first-order valence-corrected chi connectivity index (χ1v) is 4.56. The molecule has 0 aliphatic rings. The number of hydrogen-bond donors (Lipinski definition) is 1. The predicted octanol–water partition coefficient (Wildman–Crippen LogP) is 0.163. The first kappa shape index (κ1) is 12.1. The van der Waals surface area contributed by atoms with Crippen molar-refractivity contribution in [3.63, 3.8) is 0 Å². The highest BCUT2D eigenvalue weighted by Crippen LogP contribution is 1.95. The lowest BCUT2D eigenvalue weighted by Crippen LogP contribution is -2.34. The minimum atomic E-state index is -0.315. The number of rotatable bonds is 7. The summed E-state index contributed by atoms with van der Waals surface area (Å²) in [5, 5.41) is 0. The quantitative estimate of drug-likeness (QED) is 0.616. The van der Waals surface area contributed by atoms with Crippen molar-refractivity contribution < 1.29 is 9.59 Å². The van der Waals surface area contributed by atoms with E-state index in [0.717, 1.165) is 19.5 Å². The molecule has 0 saturated carbocycles. The van der Waals surface area contributed by atoms with Crippen molar-refractivity contribution in [2.45, 2.75) is 26.7 Å². The Kier molecular flexibility index (Phi) is 6.14. The van der Waals surface area contributed by atoms with Gasteiger partial charge in [-0.3, -0.25) is 9.69 Å². The number of carbonyl (C=O) groups excluding carboxylic acids is 2. The standard InChI is InChI=1S/C9H18N2O2/c1-3-11(7-9(10)13)6-4-5-8(2)12/h3-7H2,1-2H3,(H2,10,13). The molecule has 4 heteroatoms. The van der Waals surface area contributed by atoms with Crippen molar-refractivity contribution in [3.8, 4) is 0 Å². The monoisotopic (exact) mass is 186 g/mol. The van der Waals surface area contributed by atoms with Crippen molar-refractivity contribution in [1.29, 1.82) is 0 Å². The highest BCUT2D eigenvalue weighted by atomic mass is 16.1. The Bertz CT molecular complexity index is 180.